The zero-order valence-corrected chi connectivity index (χ0v) is 9.65. The Morgan fingerprint density at radius 3 is 2.20 bits per heavy atom. The molecule has 0 saturated carbocycles. The monoisotopic (exact) mass is 214 g/mol. The van der Waals surface area contributed by atoms with Crippen LogP contribution in [-0.2, 0) is 19.1 Å². The summed E-state index contributed by atoms with van der Waals surface area (Å²) in [5.41, 5.74) is 0. The Balaban J connectivity index is 4.04. The van der Waals surface area contributed by atoms with E-state index in [1.165, 1.54) is 13.8 Å². The number of carbonyl (C=O) groups excluding carboxylic acids is 2. The second-order valence-electron chi connectivity index (χ2n) is 3.55. The second-order valence-corrected chi connectivity index (χ2v) is 3.55. The Morgan fingerprint density at radius 2 is 1.80 bits per heavy atom. The summed E-state index contributed by atoms with van der Waals surface area (Å²) in [6.45, 7) is 6.82. The van der Waals surface area contributed by atoms with Crippen molar-refractivity contribution in [3.05, 3.63) is 12.2 Å². The molecule has 0 heterocycles. The van der Waals surface area contributed by atoms with Gasteiger partial charge < -0.3 is 9.47 Å². The highest BCUT2D eigenvalue weighted by atomic mass is 16.5. The van der Waals surface area contributed by atoms with Gasteiger partial charge in [0, 0.05) is 13.8 Å². The molecule has 0 N–H and O–H groups in total. The first-order chi connectivity index (χ1) is 6.93. The number of esters is 2. The summed E-state index contributed by atoms with van der Waals surface area (Å²) >= 11 is 0. The lowest BCUT2D eigenvalue weighted by atomic mass is 10.1. The average Bonchev–Trinajstić information content (AvgIpc) is 2.08. The first-order valence-corrected chi connectivity index (χ1v) is 4.90. The number of hydrogen-bond acceptors (Lipinski definition) is 4. The molecule has 0 saturated heterocycles. The van der Waals surface area contributed by atoms with E-state index in [1.807, 2.05) is 13.8 Å². The predicted octanol–water partition coefficient (Wildman–Crippen LogP) is 1.69. The molecule has 0 aliphatic rings. The summed E-state index contributed by atoms with van der Waals surface area (Å²) in [4.78, 5) is 21.2. The van der Waals surface area contributed by atoms with Gasteiger partial charge in [-0.2, -0.15) is 0 Å². The molecule has 86 valence electrons. The molecule has 1 atom stereocenters. The van der Waals surface area contributed by atoms with Crippen LogP contribution in [0.1, 0.15) is 27.7 Å². The lowest BCUT2D eigenvalue weighted by molar-refractivity contribution is -0.146. The van der Waals surface area contributed by atoms with E-state index in [4.69, 9.17) is 9.47 Å². The first kappa shape index (κ1) is 13.7. The molecule has 0 unspecified atom stereocenters. The van der Waals surface area contributed by atoms with Gasteiger partial charge in [0.05, 0.1) is 0 Å². The molecule has 4 heteroatoms. The largest absolute Gasteiger partial charge is 0.462 e. The zero-order valence-electron chi connectivity index (χ0n) is 9.65. The van der Waals surface area contributed by atoms with Gasteiger partial charge in [0.25, 0.3) is 0 Å². The fourth-order valence-electron chi connectivity index (χ4n) is 0.944. The molecule has 0 aliphatic carbocycles. The van der Waals surface area contributed by atoms with Crippen molar-refractivity contribution < 1.29 is 19.1 Å². The van der Waals surface area contributed by atoms with Crippen LogP contribution in [0.4, 0.5) is 0 Å². The molecule has 0 aromatic carbocycles. The van der Waals surface area contributed by atoms with Crippen LogP contribution in [0.15, 0.2) is 12.2 Å². The van der Waals surface area contributed by atoms with Gasteiger partial charge in [-0.15, -0.1) is 0 Å². The van der Waals surface area contributed by atoms with Crippen molar-refractivity contribution in [3.63, 3.8) is 0 Å². The van der Waals surface area contributed by atoms with Crippen LogP contribution in [0.2, 0.25) is 0 Å². The molecule has 0 spiro atoms. The fraction of sp³-hybridized carbons (Fsp3) is 0.636. The molecular weight excluding hydrogens is 196 g/mol. The molecule has 15 heavy (non-hydrogen) atoms. The van der Waals surface area contributed by atoms with Crippen molar-refractivity contribution in [2.24, 2.45) is 5.92 Å². The van der Waals surface area contributed by atoms with Gasteiger partial charge >= 0.3 is 11.9 Å². The summed E-state index contributed by atoms with van der Waals surface area (Å²) in [5.74, 6) is -0.443. The van der Waals surface area contributed by atoms with Crippen molar-refractivity contribution in [2.45, 2.75) is 33.8 Å². The highest BCUT2D eigenvalue weighted by Crippen LogP contribution is 2.08. The van der Waals surface area contributed by atoms with Crippen LogP contribution >= 0.6 is 0 Å². The Morgan fingerprint density at radius 1 is 1.20 bits per heavy atom. The third kappa shape index (κ3) is 7.73. The fourth-order valence-corrected chi connectivity index (χ4v) is 0.944. The minimum Gasteiger partial charge on any atom is -0.462 e. The van der Waals surface area contributed by atoms with E-state index in [9.17, 15) is 9.59 Å². The minimum atomic E-state index is -0.326. The maximum absolute atomic E-state index is 10.8. The van der Waals surface area contributed by atoms with Crippen LogP contribution in [0, 0.1) is 5.92 Å². The molecule has 0 aliphatic heterocycles. The average molecular weight is 214 g/mol. The van der Waals surface area contributed by atoms with Crippen molar-refractivity contribution in [1.82, 2.24) is 0 Å². The van der Waals surface area contributed by atoms with Crippen LogP contribution in [-0.4, -0.2) is 24.6 Å². The molecule has 0 bridgehead atoms. The van der Waals surface area contributed by atoms with E-state index in [-0.39, 0.29) is 30.6 Å². The van der Waals surface area contributed by atoms with Crippen LogP contribution in [0.5, 0.6) is 0 Å². The molecular formula is C11H18O4. The molecule has 0 rings (SSSR count). The van der Waals surface area contributed by atoms with Gasteiger partial charge in [0.15, 0.2) is 0 Å². The van der Waals surface area contributed by atoms with Gasteiger partial charge in [-0.05, 0) is 18.1 Å². The second kappa shape index (κ2) is 7.04. The van der Waals surface area contributed by atoms with Crippen LogP contribution in [0.3, 0.4) is 0 Å². The minimum absolute atomic E-state index is 0.197. The maximum Gasteiger partial charge on any atom is 0.303 e. The van der Waals surface area contributed by atoms with E-state index in [2.05, 4.69) is 0 Å². The summed E-state index contributed by atoms with van der Waals surface area (Å²) < 4.78 is 9.76. The molecule has 0 aromatic heterocycles. The van der Waals surface area contributed by atoms with Crippen LogP contribution < -0.4 is 0 Å². The quantitative estimate of drug-likeness (QED) is 0.516. The summed E-state index contributed by atoms with van der Waals surface area (Å²) in [6, 6.07) is 0. The first-order valence-electron chi connectivity index (χ1n) is 4.90. The van der Waals surface area contributed by atoms with Gasteiger partial charge in [-0.25, -0.2) is 0 Å². The molecule has 0 fully saturated rings. The highest BCUT2D eigenvalue weighted by molar-refractivity contribution is 5.66. The third-order valence-electron chi connectivity index (χ3n) is 1.67. The Labute approximate surface area is 90.2 Å². The van der Waals surface area contributed by atoms with E-state index in [0.29, 0.717) is 0 Å². The van der Waals surface area contributed by atoms with E-state index in [1.54, 1.807) is 12.2 Å². The van der Waals surface area contributed by atoms with Crippen molar-refractivity contribution in [2.75, 3.05) is 6.61 Å². The van der Waals surface area contributed by atoms with Gasteiger partial charge in [0.1, 0.15) is 12.7 Å². The molecule has 4 nitrogen and oxygen atoms in total. The Hall–Kier alpha value is -1.32. The smallest absolute Gasteiger partial charge is 0.303 e. The lowest BCUT2D eigenvalue weighted by Gasteiger charge is -2.16. The Bertz CT molecular complexity index is 243. The van der Waals surface area contributed by atoms with Gasteiger partial charge in [-0.1, -0.05) is 13.8 Å². The molecule has 0 radical (unpaired) electrons. The van der Waals surface area contributed by atoms with E-state index < -0.39 is 0 Å². The van der Waals surface area contributed by atoms with Crippen molar-refractivity contribution >= 4 is 11.9 Å². The predicted molar refractivity (Wildman–Crippen MR) is 56.2 cm³/mol. The van der Waals surface area contributed by atoms with E-state index in [0.717, 1.165) is 0 Å². The van der Waals surface area contributed by atoms with Gasteiger partial charge in [-0.3, -0.25) is 9.59 Å². The normalized spacial score (nSPS) is 12.9. The summed E-state index contributed by atoms with van der Waals surface area (Å²) in [7, 11) is 0. The number of carbonyl (C=O) groups is 2. The number of ether oxygens (including phenoxy) is 2. The third-order valence-corrected chi connectivity index (χ3v) is 1.67. The van der Waals surface area contributed by atoms with Gasteiger partial charge in [0.2, 0.25) is 0 Å². The standard InChI is InChI=1S/C11H18O4/c1-8(2)11(15-10(4)13)6-5-7-14-9(3)12/h5-6,8,11H,7H2,1-4H3/b6-5+/t11-/m0/s1. The SMILES string of the molecule is CC(=O)OC/C=C/[C@H](OC(C)=O)C(C)C. The molecule has 0 amide bonds. The Kier molecular flexibility index (Phi) is 6.42. The van der Waals surface area contributed by atoms with Crippen LogP contribution in [0.25, 0.3) is 0 Å². The number of hydrogen-bond donors (Lipinski definition) is 0. The maximum atomic E-state index is 10.8. The summed E-state index contributed by atoms with van der Waals surface area (Å²) in [6.07, 6.45) is 3.14. The number of rotatable bonds is 5. The highest BCUT2D eigenvalue weighted by Gasteiger charge is 2.12. The zero-order chi connectivity index (χ0) is 11.8. The topological polar surface area (TPSA) is 52.6 Å². The summed E-state index contributed by atoms with van der Waals surface area (Å²) in [5, 5.41) is 0. The van der Waals surface area contributed by atoms with Crippen molar-refractivity contribution in [3.8, 4) is 0 Å². The molecule has 0 aromatic rings. The van der Waals surface area contributed by atoms with E-state index >= 15 is 0 Å². The van der Waals surface area contributed by atoms with Crippen molar-refractivity contribution in [1.29, 1.82) is 0 Å². The lowest BCUT2D eigenvalue weighted by Crippen LogP contribution is -2.20.